The molecule has 2 heterocycles. The summed E-state index contributed by atoms with van der Waals surface area (Å²) in [7, 11) is 0. The summed E-state index contributed by atoms with van der Waals surface area (Å²) in [5, 5.41) is 23.9. The van der Waals surface area contributed by atoms with Gasteiger partial charge in [-0.15, -0.1) is 0 Å². The Morgan fingerprint density at radius 2 is 1.67 bits per heavy atom. The number of carbonyl (C=O) groups is 2. The van der Waals surface area contributed by atoms with Crippen molar-refractivity contribution in [1.29, 1.82) is 0 Å². The molecule has 9 heteroatoms. The van der Waals surface area contributed by atoms with Crippen molar-refractivity contribution < 1.29 is 24.0 Å². The fourth-order valence-electron chi connectivity index (χ4n) is 3.81. The average Bonchev–Trinajstić information content (AvgIpc) is 3.39. The van der Waals surface area contributed by atoms with Crippen LogP contribution in [0.1, 0.15) is 20.9 Å². The molecular formula is C27H17N3O6. The number of aromatic carboxylic acids is 1. The smallest absolute Gasteiger partial charge is 0.336 e. The number of anilines is 1. The van der Waals surface area contributed by atoms with Crippen molar-refractivity contribution >= 4 is 34.2 Å². The highest BCUT2D eigenvalue weighted by atomic mass is 16.6. The van der Waals surface area contributed by atoms with E-state index in [1.807, 2.05) is 0 Å². The van der Waals surface area contributed by atoms with E-state index in [1.54, 1.807) is 66.7 Å². The number of pyridine rings is 1. The van der Waals surface area contributed by atoms with Gasteiger partial charge in [-0.1, -0.05) is 42.5 Å². The van der Waals surface area contributed by atoms with E-state index in [4.69, 9.17) is 4.42 Å². The zero-order chi connectivity index (χ0) is 25.2. The molecule has 176 valence electrons. The van der Waals surface area contributed by atoms with Crippen molar-refractivity contribution in [2.45, 2.75) is 0 Å². The van der Waals surface area contributed by atoms with Gasteiger partial charge in [0.05, 0.1) is 21.7 Å². The summed E-state index contributed by atoms with van der Waals surface area (Å²) in [5.41, 5.74) is 2.82. The molecule has 5 rings (SSSR count). The third-order valence-corrected chi connectivity index (χ3v) is 5.56. The van der Waals surface area contributed by atoms with E-state index < -0.39 is 16.8 Å². The summed E-state index contributed by atoms with van der Waals surface area (Å²) in [6, 6.07) is 24.4. The van der Waals surface area contributed by atoms with Gasteiger partial charge in [0, 0.05) is 34.3 Å². The van der Waals surface area contributed by atoms with Crippen molar-refractivity contribution in [1.82, 2.24) is 4.98 Å². The molecular weight excluding hydrogens is 462 g/mol. The van der Waals surface area contributed by atoms with Crippen molar-refractivity contribution in [2.24, 2.45) is 0 Å². The number of carbonyl (C=O) groups excluding carboxylic acids is 1. The van der Waals surface area contributed by atoms with Gasteiger partial charge in [-0.25, -0.2) is 9.78 Å². The van der Waals surface area contributed by atoms with Crippen LogP contribution in [0, 0.1) is 10.1 Å². The molecule has 5 aromatic rings. The second kappa shape index (κ2) is 9.15. The highest BCUT2D eigenvalue weighted by Gasteiger charge is 2.16. The minimum atomic E-state index is -1.04. The molecule has 2 aromatic heterocycles. The minimum Gasteiger partial charge on any atom is -0.478 e. The third kappa shape index (κ3) is 4.40. The first-order valence-electron chi connectivity index (χ1n) is 10.8. The van der Waals surface area contributed by atoms with E-state index in [9.17, 15) is 24.8 Å². The number of rotatable bonds is 6. The number of furan rings is 1. The van der Waals surface area contributed by atoms with E-state index >= 15 is 0 Å². The number of fused-ring (bicyclic) bond motifs is 1. The van der Waals surface area contributed by atoms with Gasteiger partial charge in [0.25, 0.3) is 11.6 Å². The van der Waals surface area contributed by atoms with Gasteiger partial charge in [0.2, 0.25) is 0 Å². The Hall–Kier alpha value is -5.31. The first kappa shape index (κ1) is 22.5. The Labute approximate surface area is 203 Å². The summed E-state index contributed by atoms with van der Waals surface area (Å²) in [4.78, 5) is 39.5. The molecule has 0 bridgehead atoms. The number of benzene rings is 3. The Balaban J connectivity index is 1.35. The first-order valence-corrected chi connectivity index (χ1v) is 10.8. The van der Waals surface area contributed by atoms with E-state index in [0.29, 0.717) is 39.2 Å². The summed E-state index contributed by atoms with van der Waals surface area (Å²) in [6.45, 7) is 0. The zero-order valence-corrected chi connectivity index (χ0v) is 18.5. The van der Waals surface area contributed by atoms with Crippen LogP contribution in [0.25, 0.3) is 33.5 Å². The predicted octanol–water partition coefficient (Wildman–Crippen LogP) is 6.02. The predicted molar refractivity (Wildman–Crippen MR) is 133 cm³/mol. The molecule has 0 unspecified atom stereocenters. The molecule has 0 radical (unpaired) electrons. The van der Waals surface area contributed by atoms with Gasteiger partial charge < -0.3 is 14.8 Å². The fourth-order valence-corrected chi connectivity index (χ4v) is 3.81. The molecule has 2 N–H and O–H groups in total. The monoisotopic (exact) mass is 479 g/mol. The molecule has 0 atom stereocenters. The summed E-state index contributed by atoms with van der Waals surface area (Å²) >= 11 is 0. The highest BCUT2D eigenvalue weighted by Crippen LogP contribution is 2.28. The number of aromatic nitrogens is 1. The molecule has 36 heavy (non-hydrogen) atoms. The maximum absolute atomic E-state index is 12.7. The molecule has 9 nitrogen and oxygen atoms in total. The van der Waals surface area contributed by atoms with Crippen LogP contribution >= 0.6 is 0 Å². The van der Waals surface area contributed by atoms with E-state index in [2.05, 4.69) is 10.3 Å². The Bertz CT molecular complexity index is 1640. The lowest BCUT2D eigenvalue weighted by Crippen LogP contribution is -2.10. The first-order chi connectivity index (χ1) is 17.4. The molecule has 0 saturated carbocycles. The largest absolute Gasteiger partial charge is 0.478 e. The number of amides is 1. The third-order valence-electron chi connectivity index (χ3n) is 5.56. The van der Waals surface area contributed by atoms with Crippen LogP contribution in [-0.2, 0) is 0 Å². The van der Waals surface area contributed by atoms with Crippen LogP contribution < -0.4 is 5.32 Å². The highest BCUT2D eigenvalue weighted by molar-refractivity contribution is 6.04. The van der Waals surface area contributed by atoms with Gasteiger partial charge in [-0.2, -0.15) is 0 Å². The van der Waals surface area contributed by atoms with E-state index in [1.165, 1.54) is 24.3 Å². The van der Waals surface area contributed by atoms with E-state index in [-0.39, 0.29) is 17.0 Å². The number of hydrogen-bond acceptors (Lipinski definition) is 6. The molecule has 0 aliphatic carbocycles. The second-order valence-corrected chi connectivity index (χ2v) is 7.88. The molecule has 0 aliphatic heterocycles. The SMILES string of the molecule is O=C(Nc1ccc(-c2cc(C(=O)O)c3ccccc3n2)cc1)c1ccc(-c2cccc([N+](=O)[O-])c2)o1. The van der Waals surface area contributed by atoms with Crippen LogP contribution in [0.3, 0.4) is 0 Å². The van der Waals surface area contributed by atoms with Gasteiger partial charge in [0.1, 0.15) is 5.76 Å². The van der Waals surface area contributed by atoms with Crippen LogP contribution in [0.15, 0.2) is 95.4 Å². The number of non-ortho nitro benzene ring substituents is 1. The molecule has 0 spiro atoms. The lowest BCUT2D eigenvalue weighted by molar-refractivity contribution is -0.384. The maximum atomic E-state index is 12.7. The molecule has 3 aromatic carbocycles. The minimum absolute atomic E-state index is 0.0443. The summed E-state index contributed by atoms with van der Waals surface area (Å²) < 4.78 is 5.61. The molecule has 1 amide bonds. The van der Waals surface area contributed by atoms with Crippen molar-refractivity contribution in [3.8, 4) is 22.6 Å². The number of carboxylic acid groups (broad SMARTS) is 1. The van der Waals surface area contributed by atoms with Crippen LogP contribution in [0.2, 0.25) is 0 Å². The molecule has 0 saturated heterocycles. The van der Waals surface area contributed by atoms with Gasteiger partial charge in [-0.05, 0) is 36.4 Å². The number of nitrogens with zero attached hydrogens (tertiary/aromatic N) is 2. The summed E-state index contributed by atoms with van der Waals surface area (Å²) in [5.74, 6) is -1.16. The standard InChI is InChI=1S/C27H17N3O6/c31-26(25-13-12-24(36-25)17-4-3-5-19(14-17)30(34)35)28-18-10-8-16(9-11-18)23-15-21(27(32)33)20-6-1-2-7-22(20)29-23/h1-15H,(H,28,31)(H,32,33). The number of nitrogens with one attached hydrogen (secondary N) is 1. The van der Waals surface area contributed by atoms with Gasteiger partial charge in [-0.3, -0.25) is 14.9 Å². The number of nitro groups is 1. The number of hydrogen-bond donors (Lipinski definition) is 2. The lowest BCUT2D eigenvalue weighted by Gasteiger charge is -2.08. The fraction of sp³-hybridized carbons (Fsp3) is 0. The van der Waals surface area contributed by atoms with Crippen LogP contribution in [0.5, 0.6) is 0 Å². The van der Waals surface area contributed by atoms with Gasteiger partial charge >= 0.3 is 5.97 Å². The molecule has 0 fully saturated rings. The normalized spacial score (nSPS) is 10.8. The maximum Gasteiger partial charge on any atom is 0.336 e. The van der Waals surface area contributed by atoms with Crippen LogP contribution in [0.4, 0.5) is 11.4 Å². The number of nitro benzene ring substituents is 1. The van der Waals surface area contributed by atoms with Crippen molar-refractivity contribution in [3.05, 3.63) is 112 Å². The van der Waals surface area contributed by atoms with Gasteiger partial charge in [0.15, 0.2) is 5.76 Å². The Morgan fingerprint density at radius 1 is 0.889 bits per heavy atom. The average molecular weight is 479 g/mol. The zero-order valence-electron chi connectivity index (χ0n) is 18.5. The Morgan fingerprint density at radius 3 is 2.42 bits per heavy atom. The van der Waals surface area contributed by atoms with E-state index in [0.717, 1.165) is 0 Å². The summed E-state index contributed by atoms with van der Waals surface area (Å²) in [6.07, 6.45) is 0. The quantitative estimate of drug-likeness (QED) is 0.224. The second-order valence-electron chi connectivity index (χ2n) is 7.88. The van der Waals surface area contributed by atoms with Crippen LogP contribution in [-0.4, -0.2) is 26.9 Å². The number of para-hydroxylation sites is 1. The van der Waals surface area contributed by atoms with Crippen molar-refractivity contribution in [3.63, 3.8) is 0 Å². The number of carboxylic acids is 1. The lowest BCUT2D eigenvalue weighted by atomic mass is 10.0. The topological polar surface area (TPSA) is 136 Å². The molecule has 0 aliphatic rings. The van der Waals surface area contributed by atoms with Crippen molar-refractivity contribution in [2.75, 3.05) is 5.32 Å². The Kier molecular flexibility index (Phi) is 5.71.